The number of aryl methyl sites for hydroxylation is 2. The summed E-state index contributed by atoms with van der Waals surface area (Å²) in [6.45, 7) is 4.61. The van der Waals surface area contributed by atoms with Crippen molar-refractivity contribution in [1.29, 1.82) is 0 Å². The van der Waals surface area contributed by atoms with Gasteiger partial charge in [-0.3, -0.25) is 9.36 Å². The van der Waals surface area contributed by atoms with Gasteiger partial charge in [0.1, 0.15) is 0 Å². The second kappa shape index (κ2) is 6.50. The van der Waals surface area contributed by atoms with Gasteiger partial charge < -0.3 is 5.32 Å². The van der Waals surface area contributed by atoms with Crippen LogP contribution in [-0.4, -0.2) is 22.0 Å². The maximum absolute atomic E-state index is 12.0. The van der Waals surface area contributed by atoms with E-state index < -0.39 is 0 Å². The van der Waals surface area contributed by atoms with Gasteiger partial charge in [-0.05, 0) is 39.2 Å². The Hall–Kier alpha value is -1.91. The highest BCUT2D eigenvalue weighted by Gasteiger charge is 2.17. The van der Waals surface area contributed by atoms with Crippen molar-refractivity contribution in [2.45, 2.75) is 39.7 Å². The number of carbonyl (C=O) groups is 1. The Kier molecular flexibility index (Phi) is 4.71. The van der Waals surface area contributed by atoms with Gasteiger partial charge in [0.05, 0.1) is 0 Å². The van der Waals surface area contributed by atoms with Gasteiger partial charge >= 0.3 is 5.69 Å². The van der Waals surface area contributed by atoms with E-state index in [1.165, 1.54) is 0 Å². The summed E-state index contributed by atoms with van der Waals surface area (Å²) in [6, 6.07) is 1.87. The fourth-order valence-electron chi connectivity index (χ4n) is 2.51. The Morgan fingerprint density at radius 2 is 2.25 bits per heavy atom. The van der Waals surface area contributed by atoms with E-state index in [0.29, 0.717) is 13.1 Å². The molecule has 0 saturated heterocycles. The molecule has 0 aromatic carbocycles. The van der Waals surface area contributed by atoms with Crippen molar-refractivity contribution in [3.8, 4) is 0 Å². The molecule has 108 valence electrons. The molecular weight excluding hydrogens is 254 g/mol. The summed E-state index contributed by atoms with van der Waals surface area (Å²) in [6.07, 6.45) is 6.87. The molecule has 2 rings (SSSR count). The second-order valence-corrected chi connectivity index (χ2v) is 5.25. The molecule has 0 radical (unpaired) electrons. The Morgan fingerprint density at radius 1 is 1.45 bits per heavy atom. The number of nitrogens with zero attached hydrogens (tertiary/aromatic N) is 2. The summed E-state index contributed by atoms with van der Waals surface area (Å²) in [5, 5.41) is 2.91. The summed E-state index contributed by atoms with van der Waals surface area (Å²) >= 11 is 0. The number of nitrogens with one attached hydrogen (secondary N) is 1. The van der Waals surface area contributed by atoms with Crippen LogP contribution in [-0.2, 0) is 11.3 Å². The summed E-state index contributed by atoms with van der Waals surface area (Å²) in [7, 11) is 0. The van der Waals surface area contributed by atoms with Crippen LogP contribution in [0, 0.1) is 19.8 Å². The number of rotatable bonds is 4. The van der Waals surface area contributed by atoms with Crippen LogP contribution in [0.25, 0.3) is 0 Å². The van der Waals surface area contributed by atoms with E-state index in [2.05, 4.69) is 22.5 Å². The molecule has 20 heavy (non-hydrogen) atoms. The molecule has 5 heteroatoms. The maximum atomic E-state index is 12.0. The molecule has 1 atom stereocenters. The zero-order valence-electron chi connectivity index (χ0n) is 12.1. The molecule has 1 N–H and O–H groups in total. The van der Waals surface area contributed by atoms with Gasteiger partial charge in [-0.1, -0.05) is 12.2 Å². The first-order chi connectivity index (χ1) is 9.58. The van der Waals surface area contributed by atoms with E-state index in [1.54, 1.807) is 11.5 Å². The Morgan fingerprint density at radius 3 is 2.90 bits per heavy atom. The molecule has 0 unspecified atom stereocenters. The average molecular weight is 275 g/mol. The molecule has 1 heterocycles. The van der Waals surface area contributed by atoms with Crippen molar-refractivity contribution >= 4 is 5.91 Å². The molecule has 0 aliphatic heterocycles. The molecule has 5 nitrogen and oxygen atoms in total. The smallest absolute Gasteiger partial charge is 0.348 e. The van der Waals surface area contributed by atoms with Crippen LogP contribution < -0.4 is 11.0 Å². The Bertz CT molecular complexity index is 575. The van der Waals surface area contributed by atoms with E-state index in [1.807, 2.05) is 13.0 Å². The molecule has 0 fully saturated rings. The minimum atomic E-state index is -0.252. The summed E-state index contributed by atoms with van der Waals surface area (Å²) in [5.74, 6) is 0.161. The van der Waals surface area contributed by atoms with Crippen molar-refractivity contribution in [2.75, 3.05) is 6.54 Å². The van der Waals surface area contributed by atoms with Gasteiger partial charge in [0.15, 0.2) is 0 Å². The van der Waals surface area contributed by atoms with Gasteiger partial charge in [-0.15, -0.1) is 0 Å². The third kappa shape index (κ3) is 3.56. The molecule has 0 saturated carbocycles. The molecule has 1 aromatic rings. The molecule has 1 aromatic heterocycles. The van der Waals surface area contributed by atoms with E-state index in [0.717, 1.165) is 30.7 Å². The summed E-state index contributed by atoms with van der Waals surface area (Å²) < 4.78 is 1.59. The van der Waals surface area contributed by atoms with Gasteiger partial charge in [0.2, 0.25) is 5.91 Å². The highest BCUT2D eigenvalue weighted by atomic mass is 16.2. The lowest BCUT2D eigenvalue weighted by atomic mass is 9.94. The number of aromatic nitrogens is 2. The number of amides is 1. The maximum Gasteiger partial charge on any atom is 0.348 e. The fraction of sp³-hybridized carbons (Fsp3) is 0.533. The predicted molar refractivity (Wildman–Crippen MR) is 77.5 cm³/mol. The minimum absolute atomic E-state index is 0.0777. The predicted octanol–water partition coefficient (Wildman–Crippen LogP) is 1.33. The molecular formula is C15H21N3O2. The van der Waals surface area contributed by atoms with Crippen molar-refractivity contribution in [1.82, 2.24) is 14.9 Å². The standard InChI is InChI=1S/C15H21N3O2/c1-11-10-12(2)18(15(20)17-11)9-8-16-14(19)13-6-4-3-5-7-13/h3-4,10,13H,5-9H2,1-2H3,(H,16,19)/t13-/m1/s1. The Labute approximate surface area is 118 Å². The number of allylic oxidation sites excluding steroid dienone is 2. The first kappa shape index (κ1) is 14.5. The highest BCUT2D eigenvalue weighted by molar-refractivity contribution is 5.78. The minimum Gasteiger partial charge on any atom is -0.354 e. The zero-order valence-corrected chi connectivity index (χ0v) is 12.1. The normalized spacial score (nSPS) is 18.0. The van der Waals surface area contributed by atoms with Gasteiger partial charge in [0.25, 0.3) is 0 Å². The van der Waals surface area contributed by atoms with E-state index in [-0.39, 0.29) is 17.5 Å². The van der Waals surface area contributed by atoms with E-state index in [4.69, 9.17) is 0 Å². The SMILES string of the molecule is Cc1cc(C)n(CCNC(=O)[C@@H]2CC=CCC2)c(=O)n1. The lowest BCUT2D eigenvalue weighted by molar-refractivity contribution is -0.125. The third-order valence-electron chi connectivity index (χ3n) is 3.62. The first-order valence-corrected chi connectivity index (χ1v) is 7.05. The van der Waals surface area contributed by atoms with Gasteiger partial charge in [-0.2, -0.15) is 4.98 Å². The van der Waals surface area contributed by atoms with E-state index in [9.17, 15) is 9.59 Å². The Balaban J connectivity index is 1.88. The molecule has 1 aliphatic carbocycles. The molecule has 1 amide bonds. The third-order valence-corrected chi connectivity index (χ3v) is 3.62. The van der Waals surface area contributed by atoms with Crippen LogP contribution in [0.4, 0.5) is 0 Å². The quantitative estimate of drug-likeness (QED) is 0.843. The molecule has 0 bridgehead atoms. The summed E-state index contributed by atoms with van der Waals surface area (Å²) in [5.41, 5.74) is 1.34. The van der Waals surface area contributed by atoms with Crippen LogP contribution in [0.2, 0.25) is 0 Å². The molecule has 1 aliphatic rings. The van der Waals surface area contributed by atoms with Crippen LogP contribution >= 0.6 is 0 Å². The lowest BCUT2D eigenvalue weighted by Crippen LogP contribution is -2.36. The van der Waals surface area contributed by atoms with Crippen molar-refractivity contribution in [3.05, 3.63) is 40.1 Å². The molecule has 0 spiro atoms. The van der Waals surface area contributed by atoms with Crippen LogP contribution in [0.1, 0.15) is 30.7 Å². The van der Waals surface area contributed by atoms with Gasteiger partial charge in [0, 0.05) is 30.4 Å². The largest absolute Gasteiger partial charge is 0.354 e. The van der Waals surface area contributed by atoms with Crippen molar-refractivity contribution in [2.24, 2.45) is 5.92 Å². The zero-order chi connectivity index (χ0) is 14.5. The van der Waals surface area contributed by atoms with Crippen LogP contribution in [0.5, 0.6) is 0 Å². The number of hydrogen-bond donors (Lipinski definition) is 1. The van der Waals surface area contributed by atoms with Crippen molar-refractivity contribution in [3.63, 3.8) is 0 Å². The highest BCUT2D eigenvalue weighted by Crippen LogP contribution is 2.17. The monoisotopic (exact) mass is 275 g/mol. The topological polar surface area (TPSA) is 64.0 Å². The van der Waals surface area contributed by atoms with Crippen LogP contribution in [0.3, 0.4) is 0 Å². The average Bonchev–Trinajstić information content (AvgIpc) is 2.42. The van der Waals surface area contributed by atoms with E-state index >= 15 is 0 Å². The second-order valence-electron chi connectivity index (χ2n) is 5.25. The number of carbonyl (C=O) groups excluding carboxylic acids is 1. The summed E-state index contributed by atoms with van der Waals surface area (Å²) in [4.78, 5) is 27.6. The fourth-order valence-corrected chi connectivity index (χ4v) is 2.51. The number of hydrogen-bond acceptors (Lipinski definition) is 3. The van der Waals surface area contributed by atoms with Crippen molar-refractivity contribution < 1.29 is 4.79 Å². The van der Waals surface area contributed by atoms with Crippen LogP contribution in [0.15, 0.2) is 23.0 Å². The lowest BCUT2D eigenvalue weighted by Gasteiger charge is -2.17. The first-order valence-electron chi connectivity index (χ1n) is 7.05. The van der Waals surface area contributed by atoms with Gasteiger partial charge in [-0.25, -0.2) is 4.79 Å².